The van der Waals surface area contributed by atoms with Crippen molar-refractivity contribution in [1.82, 2.24) is 14.8 Å². The van der Waals surface area contributed by atoms with Crippen LogP contribution in [0.15, 0.2) is 59.3 Å². The van der Waals surface area contributed by atoms with Gasteiger partial charge in [-0.25, -0.2) is 4.98 Å². The number of aromatic nitrogens is 3. The van der Waals surface area contributed by atoms with Gasteiger partial charge in [-0.2, -0.15) is 5.10 Å². The van der Waals surface area contributed by atoms with Crippen LogP contribution in [0.1, 0.15) is 18.5 Å². The Morgan fingerprint density at radius 2 is 2.00 bits per heavy atom. The lowest BCUT2D eigenvalue weighted by Crippen LogP contribution is -2.23. The van der Waals surface area contributed by atoms with Crippen LogP contribution >= 0.6 is 27.3 Å². The Labute approximate surface area is 169 Å². The summed E-state index contributed by atoms with van der Waals surface area (Å²) in [4.78, 5) is 17.1. The number of hydrogen-bond acceptors (Lipinski definition) is 4. The number of halogens is 1. The zero-order valence-corrected chi connectivity index (χ0v) is 17.2. The number of anilines is 1. The number of hydrogen-bond donors (Lipinski definition) is 1. The van der Waals surface area contributed by atoms with Crippen LogP contribution in [-0.4, -0.2) is 20.7 Å². The van der Waals surface area contributed by atoms with Crippen molar-refractivity contribution in [1.29, 1.82) is 0 Å². The Kier molecular flexibility index (Phi) is 4.80. The number of rotatable bonds is 4. The van der Waals surface area contributed by atoms with Crippen molar-refractivity contribution in [3.8, 4) is 10.6 Å². The van der Waals surface area contributed by atoms with Gasteiger partial charge in [0, 0.05) is 17.4 Å². The first kappa shape index (κ1) is 17.9. The number of fused-ring (bicyclic) bond motifs is 1. The quantitative estimate of drug-likeness (QED) is 0.460. The van der Waals surface area contributed by atoms with Gasteiger partial charge in [0.2, 0.25) is 5.91 Å². The van der Waals surface area contributed by atoms with Crippen LogP contribution < -0.4 is 5.32 Å². The number of nitrogens with zero attached hydrogens (tertiary/aromatic N) is 3. The molecule has 0 aliphatic heterocycles. The van der Waals surface area contributed by atoms with Crippen LogP contribution in [0.5, 0.6) is 0 Å². The van der Waals surface area contributed by atoms with E-state index >= 15 is 0 Å². The molecule has 4 aromatic rings. The van der Waals surface area contributed by atoms with Crippen LogP contribution in [0.4, 0.5) is 5.69 Å². The molecule has 2 heterocycles. The molecule has 1 amide bonds. The monoisotopic (exact) mass is 440 g/mol. The highest BCUT2D eigenvalue weighted by Crippen LogP contribution is 2.31. The summed E-state index contributed by atoms with van der Waals surface area (Å²) in [7, 11) is 0. The number of nitrogens with one attached hydrogen (secondary N) is 1. The number of aryl methyl sites for hydroxylation is 1. The van der Waals surface area contributed by atoms with Crippen molar-refractivity contribution >= 4 is 49.1 Å². The summed E-state index contributed by atoms with van der Waals surface area (Å²) in [5.41, 5.74) is 4.03. The molecule has 1 unspecified atom stereocenters. The topological polar surface area (TPSA) is 59.8 Å². The fourth-order valence-corrected chi connectivity index (χ4v) is 4.12. The standard InChI is InChI=1S/C20H17BrN4OS/c1-12-3-8-17-18(9-12)27-20(24-17)14-4-6-16(7-5-14)23-19(26)13(2)25-11-15(21)10-22-25/h3-11,13H,1-2H3,(H,23,26). The lowest BCUT2D eigenvalue weighted by Gasteiger charge is -2.12. The molecule has 0 bridgehead atoms. The van der Waals surface area contributed by atoms with Crippen molar-refractivity contribution in [2.75, 3.05) is 5.32 Å². The van der Waals surface area contributed by atoms with Gasteiger partial charge in [0.05, 0.1) is 20.9 Å². The van der Waals surface area contributed by atoms with E-state index in [1.165, 1.54) is 10.3 Å². The van der Waals surface area contributed by atoms with Crippen LogP contribution in [0.2, 0.25) is 0 Å². The molecular weight excluding hydrogens is 424 g/mol. The Hall–Kier alpha value is -2.51. The van der Waals surface area contributed by atoms with E-state index < -0.39 is 6.04 Å². The van der Waals surface area contributed by atoms with Gasteiger partial charge < -0.3 is 5.32 Å². The van der Waals surface area contributed by atoms with E-state index in [1.807, 2.05) is 37.3 Å². The highest BCUT2D eigenvalue weighted by atomic mass is 79.9. The molecule has 0 spiro atoms. The van der Waals surface area contributed by atoms with Crippen LogP contribution in [0, 0.1) is 6.92 Å². The normalized spacial score (nSPS) is 12.3. The van der Waals surface area contributed by atoms with E-state index in [1.54, 1.807) is 28.4 Å². The predicted molar refractivity (Wildman–Crippen MR) is 113 cm³/mol. The lowest BCUT2D eigenvalue weighted by molar-refractivity contribution is -0.119. The van der Waals surface area contributed by atoms with Crippen molar-refractivity contribution in [2.45, 2.75) is 19.9 Å². The molecule has 136 valence electrons. The molecule has 4 rings (SSSR count). The Morgan fingerprint density at radius 3 is 2.70 bits per heavy atom. The molecule has 0 fully saturated rings. The largest absolute Gasteiger partial charge is 0.324 e. The van der Waals surface area contributed by atoms with Crippen LogP contribution in [0.3, 0.4) is 0 Å². The summed E-state index contributed by atoms with van der Waals surface area (Å²) in [6.07, 6.45) is 3.44. The smallest absolute Gasteiger partial charge is 0.248 e. The van der Waals surface area contributed by atoms with Crippen molar-refractivity contribution in [2.24, 2.45) is 0 Å². The summed E-state index contributed by atoms with van der Waals surface area (Å²) in [5.74, 6) is -0.117. The second-order valence-corrected chi connectivity index (χ2v) is 8.32. The fourth-order valence-electron chi connectivity index (χ4n) is 2.74. The number of thiazole rings is 1. The van der Waals surface area contributed by atoms with Crippen LogP contribution in [0.25, 0.3) is 20.8 Å². The molecule has 0 aliphatic rings. The van der Waals surface area contributed by atoms with E-state index in [2.05, 4.69) is 45.4 Å². The molecule has 0 saturated heterocycles. The Bertz CT molecular complexity index is 1120. The van der Waals surface area contributed by atoms with E-state index in [4.69, 9.17) is 4.98 Å². The molecule has 5 nitrogen and oxygen atoms in total. The van der Waals surface area contributed by atoms with E-state index in [0.717, 1.165) is 26.2 Å². The summed E-state index contributed by atoms with van der Waals surface area (Å²) in [5, 5.41) is 8.07. The predicted octanol–water partition coefficient (Wildman–Crippen LogP) is 5.43. The molecule has 7 heteroatoms. The summed E-state index contributed by atoms with van der Waals surface area (Å²) in [6.45, 7) is 3.89. The highest BCUT2D eigenvalue weighted by molar-refractivity contribution is 9.10. The molecule has 1 N–H and O–H groups in total. The average Bonchev–Trinajstić information content (AvgIpc) is 3.27. The molecule has 2 aromatic heterocycles. The van der Waals surface area contributed by atoms with E-state index in [0.29, 0.717) is 0 Å². The zero-order chi connectivity index (χ0) is 19.0. The Morgan fingerprint density at radius 1 is 1.22 bits per heavy atom. The second-order valence-electron chi connectivity index (χ2n) is 6.37. The van der Waals surface area contributed by atoms with Gasteiger partial charge in [-0.3, -0.25) is 9.48 Å². The highest BCUT2D eigenvalue weighted by Gasteiger charge is 2.16. The SMILES string of the molecule is Cc1ccc2nc(-c3ccc(NC(=O)C(C)n4cc(Br)cn4)cc3)sc2c1. The second kappa shape index (κ2) is 7.25. The molecule has 1 atom stereocenters. The van der Waals surface area contributed by atoms with E-state index in [-0.39, 0.29) is 5.91 Å². The molecule has 0 aliphatic carbocycles. The third kappa shape index (κ3) is 3.79. The molecule has 0 saturated carbocycles. The number of carbonyl (C=O) groups excluding carboxylic acids is 1. The summed E-state index contributed by atoms with van der Waals surface area (Å²) in [6, 6.07) is 13.6. The maximum atomic E-state index is 12.4. The summed E-state index contributed by atoms with van der Waals surface area (Å²) < 4.78 is 3.65. The third-order valence-corrected chi connectivity index (χ3v) is 5.77. The zero-order valence-electron chi connectivity index (χ0n) is 14.8. The van der Waals surface area contributed by atoms with Crippen molar-refractivity contribution < 1.29 is 4.79 Å². The molecule has 27 heavy (non-hydrogen) atoms. The average molecular weight is 441 g/mol. The van der Waals surface area contributed by atoms with Crippen molar-refractivity contribution in [3.63, 3.8) is 0 Å². The maximum absolute atomic E-state index is 12.4. The maximum Gasteiger partial charge on any atom is 0.248 e. The van der Waals surface area contributed by atoms with Gasteiger partial charge in [-0.1, -0.05) is 6.07 Å². The third-order valence-electron chi connectivity index (χ3n) is 4.29. The number of carbonyl (C=O) groups is 1. The van der Waals surface area contributed by atoms with Crippen molar-refractivity contribution in [3.05, 3.63) is 64.9 Å². The van der Waals surface area contributed by atoms with Crippen LogP contribution in [-0.2, 0) is 4.79 Å². The fraction of sp³-hybridized carbons (Fsp3) is 0.150. The molecular formula is C20H17BrN4OS. The minimum atomic E-state index is -0.400. The lowest BCUT2D eigenvalue weighted by atomic mass is 10.2. The number of amides is 1. The van der Waals surface area contributed by atoms with Gasteiger partial charge in [0.1, 0.15) is 11.0 Å². The Balaban J connectivity index is 1.50. The summed E-state index contributed by atoms with van der Waals surface area (Å²) >= 11 is 5.02. The minimum Gasteiger partial charge on any atom is -0.324 e. The van der Waals surface area contributed by atoms with Gasteiger partial charge in [-0.15, -0.1) is 11.3 Å². The molecule has 0 radical (unpaired) electrons. The van der Waals surface area contributed by atoms with Gasteiger partial charge in [0.15, 0.2) is 0 Å². The van der Waals surface area contributed by atoms with E-state index in [9.17, 15) is 4.79 Å². The van der Waals surface area contributed by atoms with Gasteiger partial charge >= 0.3 is 0 Å². The first-order chi connectivity index (χ1) is 13.0. The first-order valence-electron chi connectivity index (χ1n) is 8.48. The van der Waals surface area contributed by atoms with Gasteiger partial charge in [-0.05, 0) is 71.7 Å². The molecule has 2 aromatic carbocycles. The minimum absolute atomic E-state index is 0.117. The number of benzene rings is 2. The first-order valence-corrected chi connectivity index (χ1v) is 10.1. The van der Waals surface area contributed by atoms with Gasteiger partial charge in [0.25, 0.3) is 0 Å².